The van der Waals surface area contributed by atoms with Crippen molar-refractivity contribution in [2.24, 2.45) is 0 Å². The number of oxazole rings is 1. The van der Waals surface area contributed by atoms with Crippen LogP contribution in [0, 0.1) is 6.92 Å². The summed E-state index contributed by atoms with van der Waals surface area (Å²) in [5.41, 5.74) is 1.12. The molecule has 1 aromatic carbocycles. The topological polar surface area (TPSA) is 103 Å². The second-order valence-corrected chi connectivity index (χ2v) is 8.35. The van der Waals surface area contributed by atoms with Gasteiger partial charge >= 0.3 is 12.1 Å². The summed E-state index contributed by atoms with van der Waals surface area (Å²) in [6.45, 7) is 7.95. The van der Waals surface area contributed by atoms with Gasteiger partial charge in [0.1, 0.15) is 12.4 Å². The number of alkyl carbamates (subject to hydrolysis) is 1. The van der Waals surface area contributed by atoms with E-state index in [1.807, 2.05) is 49.1 Å². The lowest BCUT2D eigenvalue weighted by Crippen LogP contribution is -2.55. The van der Waals surface area contributed by atoms with Crippen LogP contribution in [0.4, 0.5) is 10.8 Å². The first-order valence-electron chi connectivity index (χ1n) is 12.0. The average Bonchev–Trinajstić information content (AvgIpc) is 3.24. The number of unbranched alkanes of at least 4 members (excludes halogenated alkanes) is 1. The van der Waals surface area contributed by atoms with E-state index in [1.54, 1.807) is 6.92 Å². The number of nitrogens with zero attached hydrogens (tertiary/aromatic N) is 2. The SMILES string of the molecule is CCCCOC(=O)c1nc(N2CCC(NC(=O)OCc3ccccc3)C(OCCC)C2)oc1C. The molecule has 2 heterocycles. The van der Waals surface area contributed by atoms with Crippen molar-refractivity contribution >= 4 is 18.1 Å². The summed E-state index contributed by atoms with van der Waals surface area (Å²) in [6.07, 6.45) is 2.47. The fourth-order valence-electron chi connectivity index (χ4n) is 3.69. The molecule has 0 spiro atoms. The number of piperidine rings is 1. The smallest absolute Gasteiger partial charge is 0.407 e. The lowest BCUT2D eigenvalue weighted by Gasteiger charge is -2.37. The Kier molecular flexibility index (Phi) is 9.75. The Balaban J connectivity index is 1.59. The third kappa shape index (κ3) is 7.21. The number of amides is 1. The maximum atomic E-state index is 12.4. The number of ether oxygens (including phenoxy) is 3. The minimum atomic E-state index is -0.475. The number of rotatable bonds is 11. The van der Waals surface area contributed by atoms with Crippen molar-refractivity contribution in [3.05, 3.63) is 47.3 Å². The summed E-state index contributed by atoms with van der Waals surface area (Å²) in [5.74, 6) is -0.0512. The van der Waals surface area contributed by atoms with Crippen molar-refractivity contribution in [3.8, 4) is 0 Å². The summed E-state index contributed by atoms with van der Waals surface area (Å²) >= 11 is 0. The van der Waals surface area contributed by atoms with E-state index >= 15 is 0 Å². The van der Waals surface area contributed by atoms with Crippen molar-refractivity contribution in [1.82, 2.24) is 10.3 Å². The van der Waals surface area contributed by atoms with Crippen LogP contribution in [0.2, 0.25) is 0 Å². The van der Waals surface area contributed by atoms with Gasteiger partial charge in [0.15, 0.2) is 5.69 Å². The highest BCUT2D eigenvalue weighted by Crippen LogP contribution is 2.24. The van der Waals surface area contributed by atoms with Gasteiger partial charge in [-0.25, -0.2) is 9.59 Å². The highest BCUT2D eigenvalue weighted by atomic mass is 16.6. The molecule has 1 aliphatic heterocycles. The molecule has 1 saturated heterocycles. The lowest BCUT2D eigenvalue weighted by atomic mass is 10.0. The summed E-state index contributed by atoms with van der Waals surface area (Å²) in [4.78, 5) is 31.1. The van der Waals surface area contributed by atoms with Crippen LogP contribution in [0.5, 0.6) is 0 Å². The van der Waals surface area contributed by atoms with E-state index in [4.69, 9.17) is 18.6 Å². The molecule has 0 bridgehead atoms. The number of nitrogens with one attached hydrogen (secondary N) is 1. The first kappa shape index (κ1) is 25.6. The number of benzene rings is 1. The minimum Gasteiger partial charge on any atom is -0.461 e. The van der Waals surface area contributed by atoms with E-state index in [2.05, 4.69) is 10.3 Å². The third-order valence-corrected chi connectivity index (χ3v) is 5.59. The normalized spacial score (nSPS) is 17.9. The Bertz CT molecular complexity index is 917. The first-order chi connectivity index (χ1) is 16.5. The molecule has 2 aromatic rings. The Labute approximate surface area is 200 Å². The second kappa shape index (κ2) is 13.0. The maximum Gasteiger partial charge on any atom is 0.407 e. The number of anilines is 1. The van der Waals surface area contributed by atoms with Gasteiger partial charge in [0, 0.05) is 13.2 Å². The largest absolute Gasteiger partial charge is 0.461 e. The van der Waals surface area contributed by atoms with Gasteiger partial charge in [0.2, 0.25) is 0 Å². The Morgan fingerprint density at radius 1 is 1.15 bits per heavy atom. The van der Waals surface area contributed by atoms with Gasteiger partial charge in [-0.1, -0.05) is 50.6 Å². The summed E-state index contributed by atoms with van der Waals surface area (Å²) in [6, 6.07) is 9.69. The van der Waals surface area contributed by atoms with E-state index in [1.165, 1.54) is 0 Å². The minimum absolute atomic E-state index is 0.196. The zero-order chi connectivity index (χ0) is 24.3. The van der Waals surface area contributed by atoms with Crippen LogP contribution in [0.25, 0.3) is 0 Å². The van der Waals surface area contributed by atoms with Gasteiger partial charge in [-0.2, -0.15) is 4.98 Å². The number of hydrogen-bond acceptors (Lipinski definition) is 8. The molecule has 186 valence electrons. The van der Waals surface area contributed by atoms with E-state index in [0.717, 1.165) is 24.8 Å². The van der Waals surface area contributed by atoms with Gasteiger partial charge in [-0.15, -0.1) is 0 Å². The molecular formula is C25H35N3O6. The molecule has 2 unspecified atom stereocenters. The Morgan fingerprint density at radius 2 is 1.94 bits per heavy atom. The van der Waals surface area contributed by atoms with Crippen LogP contribution in [-0.2, 0) is 20.8 Å². The first-order valence-corrected chi connectivity index (χ1v) is 12.0. The maximum absolute atomic E-state index is 12.4. The molecule has 34 heavy (non-hydrogen) atoms. The third-order valence-electron chi connectivity index (χ3n) is 5.59. The van der Waals surface area contributed by atoms with Crippen molar-refractivity contribution in [3.63, 3.8) is 0 Å². The molecular weight excluding hydrogens is 438 g/mol. The standard InChI is InChI=1S/C25H35N3O6/c1-4-6-15-32-23(29)22-18(3)34-24(27-22)28-13-12-20(21(16-28)31-14-5-2)26-25(30)33-17-19-10-8-7-9-11-19/h7-11,20-21H,4-6,12-17H2,1-3H3,(H,26,30). The molecule has 0 saturated carbocycles. The molecule has 3 rings (SSSR count). The summed E-state index contributed by atoms with van der Waals surface area (Å²) in [7, 11) is 0. The number of carbonyl (C=O) groups excluding carboxylic acids is 2. The van der Waals surface area contributed by atoms with Crippen LogP contribution >= 0.6 is 0 Å². The number of esters is 1. The number of hydrogen-bond donors (Lipinski definition) is 1. The van der Waals surface area contributed by atoms with E-state index in [9.17, 15) is 9.59 Å². The van der Waals surface area contributed by atoms with Gasteiger partial charge in [0.05, 0.1) is 25.3 Å². The quantitative estimate of drug-likeness (QED) is 0.382. The zero-order valence-corrected chi connectivity index (χ0v) is 20.2. The molecule has 1 aromatic heterocycles. The van der Waals surface area contributed by atoms with E-state index < -0.39 is 12.1 Å². The van der Waals surface area contributed by atoms with Crippen LogP contribution in [0.1, 0.15) is 61.3 Å². The van der Waals surface area contributed by atoms with Crippen molar-refractivity contribution in [2.75, 3.05) is 31.2 Å². The number of aromatic nitrogens is 1. The molecule has 1 fully saturated rings. The molecule has 0 radical (unpaired) electrons. The molecule has 1 aliphatic rings. The fourth-order valence-corrected chi connectivity index (χ4v) is 3.69. The van der Waals surface area contributed by atoms with Crippen LogP contribution in [-0.4, -0.2) is 55.5 Å². The summed E-state index contributed by atoms with van der Waals surface area (Å²) in [5, 5.41) is 2.95. The predicted octanol–water partition coefficient (Wildman–Crippen LogP) is 4.24. The Hall–Kier alpha value is -3.07. The Morgan fingerprint density at radius 3 is 2.68 bits per heavy atom. The fraction of sp³-hybridized carbons (Fsp3) is 0.560. The van der Waals surface area contributed by atoms with Crippen molar-refractivity contribution in [1.29, 1.82) is 0 Å². The summed E-state index contributed by atoms with van der Waals surface area (Å²) < 4.78 is 22.5. The molecule has 9 heteroatoms. The molecule has 0 aliphatic carbocycles. The van der Waals surface area contributed by atoms with Gasteiger partial charge in [0.25, 0.3) is 6.01 Å². The monoisotopic (exact) mass is 473 g/mol. The highest BCUT2D eigenvalue weighted by molar-refractivity contribution is 5.88. The van der Waals surface area contributed by atoms with Gasteiger partial charge < -0.3 is 28.8 Å². The van der Waals surface area contributed by atoms with E-state index in [-0.39, 0.29) is 24.4 Å². The number of aryl methyl sites for hydroxylation is 1. The lowest BCUT2D eigenvalue weighted by molar-refractivity contribution is 0.0184. The molecule has 1 amide bonds. The van der Waals surface area contributed by atoms with Gasteiger partial charge in [-0.05, 0) is 31.7 Å². The van der Waals surface area contributed by atoms with E-state index in [0.29, 0.717) is 44.5 Å². The zero-order valence-electron chi connectivity index (χ0n) is 20.2. The van der Waals surface area contributed by atoms with Crippen molar-refractivity contribution in [2.45, 2.75) is 65.2 Å². The van der Waals surface area contributed by atoms with Crippen LogP contribution in [0.3, 0.4) is 0 Å². The van der Waals surface area contributed by atoms with Crippen LogP contribution < -0.4 is 10.2 Å². The number of carbonyl (C=O) groups is 2. The van der Waals surface area contributed by atoms with Crippen LogP contribution in [0.15, 0.2) is 34.7 Å². The van der Waals surface area contributed by atoms with Crippen molar-refractivity contribution < 1.29 is 28.2 Å². The highest BCUT2D eigenvalue weighted by Gasteiger charge is 2.34. The predicted molar refractivity (Wildman–Crippen MR) is 127 cm³/mol. The van der Waals surface area contributed by atoms with Gasteiger partial charge in [-0.3, -0.25) is 0 Å². The molecule has 1 N–H and O–H groups in total. The molecule has 2 atom stereocenters. The molecule has 9 nitrogen and oxygen atoms in total. The average molecular weight is 474 g/mol. The second-order valence-electron chi connectivity index (χ2n) is 8.35.